The number of fused-ring (bicyclic) bond motifs is 1. The van der Waals surface area contributed by atoms with Gasteiger partial charge in [0, 0.05) is 6.07 Å². The van der Waals surface area contributed by atoms with Gasteiger partial charge in [0.25, 0.3) is 5.69 Å². The van der Waals surface area contributed by atoms with Gasteiger partial charge in [-0.05, 0) is 6.07 Å². The molecule has 0 bridgehead atoms. The summed E-state index contributed by atoms with van der Waals surface area (Å²) in [6, 6.07) is 4.58. The second kappa shape index (κ2) is 3.09. The highest BCUT2D eigenvalue weighted by Crippen LogP contribution is 2.28. The van der Waals surface area contributed by atoms with Gasteiger partial charge in [0.05, 0.1) is 22.4 Å². The van der Waals surface area contributed by atoms with Gasteiger partial charge in [0.1, 0.15) is 11.3 Å². The van der Waals surface area contributed by atoms with E-state index in [4.69, 9.17) is 4.42 Å². The number of phenols is 1. The molecule has 6 nitrogen and oxygen atoms in total. The fourth-order valence-electron chi connectivity index (χ4n) is 1.25. The SMILES string of the molecule is O=c1ccc2c(O)cc([N+](=O)[O-])cc2o1. The van der Waals surface area contributed by atoms with Crippen LogP contribution < -0.4 is 5.63 Å². The third-order valence-electron chi connectivity index (χ3n) is 1.91. The molecule has 0 spiro atoms. The largest absolute Gasteiger partial charge is 0.507 e. The van der Waals surface area contributed by atoms with Crippen molar-refractivity contribution in [2.45, 2.75) is 0 Å². The van der Waals surface area contributed by atoms with Crippen LogP contribution in [0.15, 0.2) is 33.5 Å². The molecule has 0 radical (unpaired) electrons. The molecule has 0 amide bonds. The Morgan fingerprint density at radius 2 is 2.07 bits per heavy atom. The lowest BCUT2D eigenvalue weighted by Crippen LogP contribution is -1.95. The molecule has 1 aromatic carbocycles. The third-order valence-corrected chi connectivity index (χ3v) is 1.91. The Morgan fingerprint density at radius 1 is 1.33 bits per heavy atom. The summed E-state index contributed by atoms with van der Waals surface area (Å²) in [7, 11) is 0. The lowest BCUT2D eigenvalue weighted by molar-refractivity contribution is -0.384. The Morgan fingerprint density at radius 3 is 2.73 bits per heavy atom. The van der Waals surface area contributed by atoms with Crippen LogP contribution in [0.1, 0.15) is 0 Å². The zero-order valence-electron chi connectivity index (χ0n) is 7.34. The van der Waals surface area contributed by atoms with Gasteiger partial charge < -0.3 is 9.52 Å². The van der Waals surface area contributed by atoms with Crippen LogP contribution in [0.5, 0.6) is 5.75 Å². The molecule has 0 atom stereocenters. The van der Waals surface area contributed by atoms with Crippen LogP contribution in [0.2, 0.25) is 0 Å². The first-order chi connectivity index (χ1) is 7.08. The van der Waals surface area contributed by atoms with E-state index in [1.807, 2.05) is 0 Å². The summed E-state index contributed by atoms with van der Waals surface area (Å²) in [5.41, 5.74) is -0.953. The summed E-state index contributed by atoms with van der Waals surface area (Å²) in [4.78, 5) is 20.6. The molecule has 0 aliphatic heterocycles. The third kappa shape index (κ3) is 1.52. The molecule has 2 rings (SSSR count). The molecule has 76 valence electrons. The van der Waals surface area contributed by atoms with Crippen molar-refractivity contribution in [1.82, 2.24) is 0 Å². The highest BCUT2D eigenvalue weighted by Gasteiger charge is 2.12. The number of phenolic OH excluding ortho intramolecular Hbond substituents is 1. The van der Waals surface area contributed by atoms with E-state index in [0.29, 0.717) is 0 Å². The van der Waals surface area contributed by atoms with E-state index in [1.165, 1.54) is 6.07 Å². The van der Waals surface area contributed by atoms with Gasteiger partial charge in [0.15, 0.2) is 0 Å². The molecule has 1 aromatic heterocycles. The predicted molar refractivity (Wildman–Crippen MR) is 50.8 cm³/mol. The summed E-state index contributed by atoms with van der Waals surface area (Å²) in [5, 5.41) is 20.1. The number of rotatable bonds is 1. The molecule has 6 heteroatoms. The lowest BCUT2D eigenvalue weighted by atomic mass is 10.2. The fraction of sp³-hybridized carbons (Fsp3) is 0. The van der Waals surface area contributed by atoms with Gasteiger partial charge in [-0.1, -0.05) is 0 Å². The van der Waals surface area contributed by atoms with E-state index in [-0.39, 0.29) is 22.4 Å². The van der Waals surface area contributed by atoms with Crippen molar-refractivity contribution in [3.8, 4) is 5.75 Å². The number of non-ortho nitro benzene ring substituents is 1. The molecular formula is C9H5NO5. The van der Waals surface area contributed by atoms with Gasteiger partial charge in [-0.25, -0.2) is 4.79 Å². The minimum Gasteiger partial charge on any atom is -0.507 e. The van der Waals surface area contributed by atoms with Crippen LogP contribution in [-0.4, -0.2) is 10.0 Å². The molecule has 0 saturated carbocycles. The average molecular weight is 207 g/mol. The van der Waals surface area contributed by atoms with Crippen molar-refractivity contribution in [3.63, 3.8) is 0 Å². The number of nitro groups is 1. The maximum atomic E-state index is 10.9. The van der Waals surface area contributed by atoms with Crippen molar-refractivity contribution in [2.75, 3.05) is 0 Å². The molecule has 2 aromatic rings. The Balaban J connectivity index is 2.85. The zero-order chi connectivity index (χ0) is 11.0. The first-order valence-corrected chi connectivity index (χ1v) is 3.99. The minimum absolute atomic E-state index is 0.00537. The standard InChI is InChI=1S/C9H5NO5/c11-7-3-5(10(13)14)4-8-6(7)1-2-9(12)15-8/h1-4,11H. The highest BCUT2D eigenvalue weighted by molar-refractivity contribution is 5.85. The monoisotopic (exact) mass is 207 g/mol. The van der Waals surface area contributed by atoms with Gasteiger partial charge in [-0.2, -0.15) is 0 Å². The first-order valence-electron chi connectivity index (χ1n) is 3.99. The summed E-state index contributed by atoms with van der Waals surface area (Å²) < 4.78 is 4.71. The first kappa shape index (κ1) is 9.20. The van der Waals surface area contributed by atoms with Crippen LogP contribution in [0.4, 0.5) is 5.69 Å². The quantitative estimate of drug-likeness (QED) is 0.433. The number of nitro benzene ring substituents is 1. The summed E-state index contributed by atoms with van der Waals surface area (Å²) >= 11 is 0. The van der Waals surface area contributed by atoms with E-state index in [0.717, 1.165) is 18.2 Å². The normalized spacial score (nSPS) is 10.4. The Labute approximate surface area is 82.5 Å². The van der Waals surface area contributed by atoms with E-state index in [2.05, 4.69) is 0 Å². The van der Waals surface area contributed by atoms with Crippen LogP contribution in [-0.2, 0) is 0 Å². The fourth-order valence-corrected chi connectivity index (χ4v) is 1.25. The van der Waals surface area contributed by atoms with Crippen molar-refractivity contribution < 1.29 is 14.4 Å². The average Bonchev–Trinajstić information content (AvgIpc) is 2.16. The van der Waals surface area contributed by atoms with Crippen LogP contribution >= 0.6 is 0 Å². The number of aromatic hydroxyl groups is 1. The second-order valence-corrected chi connectivity index (χ2v) is 2.89. The van der Waals surface area contributed by atoms with E-state index < -0.39 is 10.5 Å². The number of hydrogen-bond acceptors (Lipinski definition) is 5. The Bertz CT molecular complexity index is 601. The molecule has 1 N–H and O–H groups in total. The number of hydrogen-bond donors (Lipinski definition) is 1. The predicted octanol–water partition coefficient (Wildman–Crippen LogP) is 1.41. The summed E-state index contributed by atoms with van der Waals surface area (Å²) in [5.74, 6) is -0.289. The molecule has 1 heterocycles. The summed E-state index contributed by atoms with van der Waals surface area (Å²) in [6.07, 6.45) is 0. The van der Waals surface area contributed by atoms with Crippen molar-refractivity contribution in [1.29, 1.82) is 0 Å². The molecular weight excluding hydrogens is 202 g/mol. The molecule has 0 unspecified atom stereocenters. The van der Waals surface area contributed by atoms with Crippen molar-refractivity contribution >= 4 is 16.7 Å². The Hall–Kier alpha value is -2.37. The van der Waals surface area contributed by atoms with Crippen LogP contribution in [0.25, 0.3) is 11.0 Å². The molecule has 0 aliphatic rings. The van der Waals surface area contributed by atoms with Crippen LogP contribution in [0, 0.1) is 10.1 Å². The van der Waals surface area contributed by atoms with Crippen LogP contribution in [0.3, 0.4) is 0 Å². The lowest BCUT2D eigenvalue weighted by Gasteiger charge is -1.98. The molecule has 15 heavy (non-hydrogen) atoms. The van der Waals surface area contributed by atoms with Crippen molar-refractivity contribution in [2.24, 2.45) is 0 Å². The maximum Gasteiger partial charge on any atom is 0.336 e. The van der Waals surface area contributed by atoms with Gasteiger partial charge in [-0.3, -0.25) is 10.1 Å². The van der Waals surface area contributed by atoms with E-state index in [9.17, 15) is 20.0 Å². The van der Waals surface area contributed by atoms with Gasteiger partial charge >= 0.3 is 5.63 Å². The summed E-state index contributed by atoms with van der Waals surface area (Å²) in [6.45, 7) is 0. The van der Waals surface area contributed by atoms with Gasteiger partial charge in [-0.15, -0.1) is 0 Å². The van der Waals surface area contributed by atoms with E-state index in [1.54, 1.807) is 0 Å². The molecule has 0 fully saturated rings. The molecule has 0 aliphatic carbocycles. The van der Waals surface area contributed by atoms with Gasteiger partial charge in [0.2, 0.25) is 0 Å². The molecule has 0 saturated heterocycles. The maximum absolute atomic E-state index is 10.9. The smallest absolute Gasteiger partial charge is 0.336 e. The number of nitrogens with zero attached hydrogens (tertiary/aromatic N) is 1. The van der Waals surface area contributed by atoms with Crippen molar-refractivity contribution in [3.05, 3.63) is 44.8 Å². The topological polar surface area (TPSA) is 93.6 Å². The second-order valence-electron chi connectivity index (χ2n) is 2.89. The zero-order valence-corrected chi connectivity index (χ0v) is 7.34. The van der Waals surface area contributed by atoms with E-state index >= 15 is 0 Å². The Kier molecular flexibility index (Phi) is 1.89. The number of benzene rings is 1. The highest BCUT2D eigenvalue weighted by atomic mass is 16.6. The minimum atomic E-state index is -0.674.